The molecular weight excluding hydrogens is 231 g/mol. The summed E-state index contributed by atoms with van der Waals surface area (Å²) in [5, 5.41) is 0.648. The van der Waals surface area contributed by atoms with Crippen LogP contribution in [0.25, 0.3) is 0 Å². The molecule has 1 aromatic rings. The summed E-state index contributed by atoms with van der Waals surface area (Å²) in [6.45, 7) is 6.53. The second-order valence-corrected chi connectivity index (χ2v) is 5.52. The minimum atomic E-state index is -0.240. The highest BCUT2D eigenvalue weighted by Crippen LogP contribution is 2.28. The van der Waals surface area contributed by atoms with Gasteiger partial charge in [0.1, 0.15) is 5.75 Å². The van der Waals surface area contributed by atoms with E-state index in [1.807, 2.05) is 39.0 Å². The van der Waals surface area contributed by atoms with E-state index >= 15 is 0 Å². The molecule has 0 bridgehead atoms. The van der Waals surface area contributed by atoms with Crippen LogP contribution in [0.3, 0.4) is 0 Å². The molecule has 0 spiro atoms. The molecule has 0 saturated heterocycles. The molecule has 0 fully saturated rings. The van der Waals surface area contributed by atoms with E-state index in [2.05, 4.69) is 0 Å². The van der Waals surface area contributed by atoms with Crippen LogP contribution in [-0.4, -0.2) is 11.5 Å². The molecule has 84 valence electrons. The van der Waals surface area contributed by atoms with Crippen LogP contribution in [0.2, 0.25) is 5.02 Å². The van der Waals surface area contributed by atoms with Crippen LogP contribution in [0.5, 0.6) is 5.75 Å². The molecule has 0 aliphatic heterocycles. The lowest BCUT2D eigenvalue weighted by molar-refractivity contribution is 0.340. The van der Waals surface area contributed by atoms with Crippen molar-refractivity contribution in [2.75, 3.05) is 6.61 Å². The van der Waals surface area contributed by atoms with Crippen LogP contribution in [0.1, 0.15) is 26.3 Å². The Morgan fingerprint density at radius 2 is 2.00 bits per heavy atom. The Labute approximate surface area is 101 Å². The summed E-state index contributed by atoms with van der Waals surface area (Å²) in [6, 6.07) is 5.81. The van der Waals surface area contributed by atoms with Crippen molar-refractivity contribution in [1.82, 2.24) is 0 Å². The van der Waals surface area contributed by atoms with Crippen molar-refractivity contribution < 1.29 is 4.74 Å². The van der Waals surface area contributed by atoms with E-state index in [9.17, 15) is 0 Å². The molecule has 0 radical (unpaired) electrons. The molecule has 0 atom stereocenters. The van der Waals surface area contributed by atoms with Gasteiger partial charge in [-0.2, -0.15) is 0 Å². The summed E-state index contributed by atoms with van der Waals surface area (Å²) in [4.78, 5) is -0.240. The molecule has 0 unspecified atom stereocenters. The first-order valence-electron chi connectivity index (χ1n) is 5.02. The van der Waals surface area contributed by atoms with Gasteiger partial charge in [-0.15, -0.1) is 11.6 Å². The highest BCUT2D eigenvalue weighted by molar-refractivity contribution is 6.32. The predicted molar refractivity (Wildman–Crippen MR) is 66.3 cm³/mol. The molecule has 0 aromatic heterocycles. The first kappa shape index (κ1) is 12.7. The fraction of sp³-hybridized carbons (Fsp3) is 0.500. The minimum absolute atomic E-state index is 0.240. The number of ether oxygens (including phenoxy) is 1. The molecule has 0 saturated carbocycles. The molecule has 3 heteroatoms. The van der Waals surface area contributed by atoms with E-state index < -0.39 is 0 Å². The number of rotatable bonds is 4. The Morgan fingerprint density at radius 3 is 2.47 bits per heavy atom. The lowest BCUT2D eigenvalue weighted by atomic mass is 10.0. The van der Waals surface area contributed by atoms with Gasteiger partial charge in [-0.05, 0) is 44.9 Å². The monoisotopic (exact) mass is 246 g/mol. The average Bonchev–Trinajstić information content (AvgIpc) is 2.07. The lowest BCUT2D eigenvalue weighted by Gasteiger charge is -2.16. The zero-order valence-corrected chi connectivity index (χ0v) is 10.8. The Kier molecular flexibility index (Phi) is 4.30. The van der Waals surface area contributed by atoms with Crippen molar-refractivity contribution in [3.63, 3.8) is 0 Å². The number of alkyl halides is 1. The summed E-state index contributed by atoms with van der Waals surface area (Å²) < 4.78 is 5.36. The van der Waals surface area contributed by atoms with Crippen molar-refractivity contribution >= 4 is 23.2 Å². The Morgan fingerprint density at radius 1 is 1.33 bits per heavy atom. The van der Waals surface area contributed by atoms with Gasteiger partial charge in [0.05, 0.1) is 11.6 Å². The molecule has 1 nitrogen and oxygen atoms in total. The van der Waals surface area contributed by atoms with Gasteiger partial charge < -0.3 is 4.74 Å². The number of hydrogen-bond donors (Lipinski definition) is 0. The standard InChI is InChI=1S/C12H16Cl2O/c1-4-15-11-6-5-9(7-10(11)13)8-12(2,3)14/h5-7H,4,8H2,1-3H3. The van der Waals surface area contributed by atoms with Gasteiger partial charge in [-0.1, -0.05) is 17.7 Å². The van der Waals surface area contributed by atoms with Gasteiger partial charge in [-0.3, -0.25) is 0 Å². The van der Waals surface area contributed by atoms with Gasteiger partial charge >= 0.3 is 0 Å². The maximum absolute atomic E-state index is 6.15. The number of hydrogen-bond acceptors (Lipinski definition) is 1. The van der Waals surface area contributed by atoms with E-state index in [4.69, 9.17) is 27.9 Å². The summed E-state index contributed by atoms with van der Waals surface area (Å²) in [7, 11) is 0. The molecule has 0 N–H and O–H groups in total. The van der Waals surface area contributed by atoms with Gasteiger partial charge in [0.25, 0.3) is 0 Å². The Bertz CT molecular complexity index is 329. The molecule has 0 aliphatic carbocycles. The quantitative estimate of drug-likeness (QED) is 0.721. The molecule has 15 heavy (non-hydrogen) atoms. The molecule has 0 amide bonds. The molecular formula is C12H16Cl2O. The normalized spacial score (nSPS) is 11.5. The fourth-order valence-corrected chi connectivity index (χ4v) is 1.82. The zero-order chi connectivity index (χ0) is 11.5. The van der Waals surface area contributed by atoms with Gasteiger partial charge in [-0.25, -0.2) is 0 Å². The third kappa shape index (κ3) is 4.31. The average molecular weight is 247 g/mol. The van der Waals surface area contributed by atoms with E-state index in [1.54, 1.807) is 0 Å². The Balaban J connectivity index is 2.82. The van der Waals surface area contributed by atoms with Gasteiger partial charge in [0.15, 0.2) is 0 Å². The van der Waals surface area contributed by atoms with Crippen molar-refractivity contribution in [3.8, 4) is 5.75 Å². The summed E-state index contributed by atoms with van der Waals surface area (Å²) >= 11 is 12.2. The SMILES string of the molecule is CCOc1ccc(CC(C)(C)Cl)cc1Cl. The van der Waals surface area contributed by atoms with Crippen LogP contribution < -0.4 is 4.74 Å². The van der Waals surface area contributed by atoms with E-state index in [0.717, 1.165) is 17.7 Å². The molecule has 1 rings (SSSR count). The maximum Gasteiger partial charge on any atom is 0.137 e. The first-order valence-corrected chi connectivity index (χ1v) is 5.78. The minimum Gasteiger partial charge on any atom is -0.492 e. The molecule has 1 aromatic carbocycles. The zero-order valence-electron chi connectivity index (χ0n) is 9.31. The largest absolute Gasteiger partial charge is 0.492 e. The van der Waals surface area contributed by atoms with Crippen LogP contribution in [0, 0.1) is 0 Å². The number of benzene rings is 1. The van der Waals surface area contributed by atoms with Crippen LogP contribution in [0.15, 0.2) is 18.2 Å². The fourth-order valence-electron chi connectivity index (χ4n) is 1.41. The van der Waals surface area contributed by atoms with Crippen molar-refractivity contribution in [1.29, 1.82) is 0 Å². The topological polar surface area (TPSA) is 9.23 Å². The third-order valence-electron chi connectivity index (χ3n) is 1.92. The van der Waals surface area contributed by atoms with Crippen LogP contribution >= 0.6 is 23.2 Å². The van der Waals surface area contributed by atoms with Gasteiger partial charge in [0.2, 0.25) is 0 Å². The highest BCUT2D eigenvalue weighted by atomic mass is 35.5. The van der Waals surface area contributed by atoms with Crippen LogP contribution in [-0.2, 0) is 6.42 Å². The van der Waals surface area contributed by atoms with Crippen molar-refractivity contribution in [2.24, 2.45) is 0 Å². The predicted octanol–water partition coefficient (Wildman–Crippen LogP) is 4.30. The molecule has 0 aliphatic rings. The van der Waals surface area contributed by atoms with Crippen molar-refractivity contribution in [2.45, 2.75) is 32.1 Å². The molecule has 0 heterocycles. The maximum atomic E-state index is 6.15. The first-order chi connectivity index (χ1) is 6.92. The van der Waals surface area contributed by atoms with E-state index in [1.165, 1.54) is 0 Å². The van der Waals surface area contributed by atoms with E-state index in [0.29, 0.717) is 11.6 Å². The smallest absolute Gasteiger partial charge is 0.137 e. The van der Waals surface area contributed by atoms with Crippen molar-refractivity contribution in [3.05, 3.63) is 28.8 Å². The summed E-state index contributed by atoms with van der Waals surface area (Å²) in [5.41, 5.74) is 1.13. The Hall–Kier alpha value is -0.400. The highest BCUT2D eigenvalue weighted by Gasteiger charge is 2.14. The second-order valence-electron chi connectivity index (χ2n) is 4.09. The van der Waals surface area contributed by atoms with Gasteiger partial charge in [0, 0.05) is 4.87 Å². The lowest BCUT2D eigenvalue weighted by Crippen LogP contribution is -2.13. The van der Waals surface area contributed by atoms with E-state index in [-0.39, 0.29) is 4.87 Å². The second kappa shape index (κ2) is 5.09. The third-order valence-corrected chi connectivity index (χ3v) is 2.35. The summed E-state index contributed by atoms with van der Waals surface area (Å²) in [6.07, 6.45) is 0.792. The summed E-state index contributed by atoms with van der Waals surface area (Å²) in [5.74, 6) is 0.732. The van der Waals surface area contributed by atoms with Crippen LogP contribution in [0.4, 0.5) is 0 Å². The number of halogens is 2.